The molecule has 0 saturated heterocycles. The first kappa shape index (κ1) is 14.6. The number of halogens is 4. The van der Waals surface area contributed by atoms with Crippen molar-refractivity contribution in [2.75, 3.05) is 6.61 Å². The van der Waals surface area contributed by atoms with Gasteiger partial charge in [0.05, 0.1) is 14.9 Å². The second-order valence-electron chi connectivity index (χ2n) is 3.50. The van der Waals surface area contributed by atoms with Crippen LogP contribution in [0.4, 0.5) is 4.39 Å². The molecule has 19 heavy (non-hydrogen) atoms. The van der Waals surface area contributed by atoms with Crippen LogP contribution in [0.25, 0.3) is 0 Å². The fourth-order valence-electron chi connectivity index (χ4n) is 1.35. The third kappa shape index (κ3) is 3.39. The van der Waals surface area contributed by atoms with Crippen molar-refractivity contribution in [2.24, 2.45) is 0 Å². The molecular weight excluding hydrogens is 334 g/mol. The molecule has 0 saturated carbocycles. The minimum absolute atomic E-state index is 0.0680. The summed E-state index contributed by atoms with van der Waals surface area (Å²) in [6.45, 7) is -0.343. The fourth-order valence-corrected chi connectivity index (χ4v) is 3.01. The molecule has 0 unspecified atom stereocenters. The lowest BCUT2D eigenvalue weighted by Crippen LogP contribution is -2.11. The highest BCUT2D eigenvalue weighted by Crippen LogP contribution is 2.31. The summed E-state index contributed by atoms with van der Waals surface area (Å²) in [5.41, 5.74) is 0.263. The summed E-state index contributed by atoms with van der Waals surface area (Å²) >= 11 is 18.3. The van der Waals surface area contributed by atoms with Crippen molar-refractivity contribution in [3.8, 4) is 5.75 Å². The molecule has 100 valence electrons. The molecule has 2 nitrogen and oxygen atoms in total. The van der Waals surface area contributed by atoms with Crippen LogP contribution in [-0.4, -0.2) is 12.4 Å². The van der Waals surface area contributed by atoms with Crippen molar-refractivity contribution >= 4 is 51.9 Å². The number of ether oxygens (including phenoxy) is 1. The Morgan fingerprint density at radius 2 is 2.05 bits per heavy atom. The summed E-state index contributed by atoms with van der Waals surface area (Å²) in [5.74, 6) is -1.17. The molecule has 0 spiro atoms. The van der Waals surface area contributed by atoms with Gasteiger partial charge in [0.2, 0.25) is 5.78 Å². The van der Waals surface area contributed by atoms with Crippen LogP contribution in [0.2, 0.25) is 13.7 Å². The molecule has 0 bridgehead atoms. The fraction of sp³-hybridized carbons (Fsp3) is 0.0833. The Morgan fingerprint density at radius 3 is 2.68 bits per heavy atom. The number of Topliss-reactive ketones (excluding diaryl/α,β-unsaturated/α-hetero) is 1. The Labute approximate surface area is 127 Å². The van der Waals surface area contributed by atoms with Gasteiger partial charge in [0, 0.05) is 0 Å². The van der Waals surface area contributed by atoms with E-state index in [0.717, 1.165) is 11.3 Å². The number of benzene rings is 1. The zero-order chi connectivity index (χ0) is 14.0. The molecule has 7 heteroatoms. The van der Waals surface area contributed by atoms with Gasteiger partial charge in [-0.05, 0) is 18.2 Å². The van der Waals surface area contributed by atoms with Gasteiger partial charge in [0.1, 0.15) is 4.34 Å². The monoisotopic (exact) mass is 338 g/mol. The largest absolute Gasteiger partial charge is 0.482 e. The van der Waals surface area contributed by atoms with E-state index in [4.69, 9.17) is 39.5 Å². The molecule has 0 atom stereocenters. The van der Waals surface area contributed by atoms with E-state index in [1.807, 2.05) is 0 Å². The second kappa shape index (κ2) is 6.09. The van der Waals surface area contributed by atoms with Gasteiger partial charge in [-0.25, -0.2) is 4.39 Å². The molecule has 0 radical (unpaired) electrons. The third-order valence-electron chi connectivity index (χ3n) is 2.23. The highest BCUT2D eigenvalue weighted by Gasteiger charge is 2.16. The summed E-state index contributed by atoms with van der Waals surface area (Å²) in [6.07, 6.45) is 0. The van der Waals surface area contributed by atoms with Crippen molar-refractivity contribution in [3.05, 3.63) is 49.3 Å². The lowest BCUT2D eigenvalue weighted by molar-refractivity contribution is 0.0919. The first-order valence-electron chi connectivity index (χ1n) is 5.04. The Bertz CT molecular complexity index is 627. The maximum absolute atomic E-state index is 13.5. The molecular formula is C12H6Cl3FO2S. The predicted molar refractivity (Wildman–Crippen MR) is 75.6 cm³/mol. The number of hydrogen-bond acceptors (Lipinski definition) is 3. The first-order valence-corrected chi connectivity index (χ1v) is 6.99. The van der Waals surface area contributed by atoms with Gasteiger partial charge in [-0.2, -0.15) is 0 Å². The number of rotatable bonds is 4. The highest BCUT2D eigenvalue weighted by atomic mass is 35.5. The number of carbonyl (C=O) groups excluding carboxylic acids is 1. The molecule has 1 aromatic carbocycles. The van der Waals surface area contributed by atoms with Crippen molar-refractivity contribution in [1.82, 2.24) is 0 Å². The smallest absolute Gasteiger partial charge is 0.202 e. The number of ketones is 1. The Morgan fingerprint density at radius 1 is 1.32 bits per heavy atom. The SMILES string of the molecule is O=C(COc1cccc(Cl)c1F)c1cc(Cl)sc1Cl. The van der Waals surface area contributed by atoms with Crippen molar-refractivity contribution in [2.45, 2.75) is 0 Å². The van der Waals surface area contributed by atoms with E-state index in [-0.39, 0.29) is 33.1 Å². The minimum atomic E-state index is -0.702. The van der Waals surface area contributed by atoms with E-state index < -0.39 is 5.82 Å². The minimum Gasteiger partial charge on any atom is -0.482 e. The van der Waals surface area contributed by atoms with Crippen LogP contribution in [0.3, 0.4) is 0 Å². The highest BCUT2D eigenvalue weighted by molar-refractivity contribution is 7.20. The van der Waals surface area contributed by atoms with E-state index in [0.29, 0.717) is 4.34 Å². The first-order chi connectivity index (χ1) is 8.99. The van der Waals surface area contributed by atoms with E-state index in [9.17, 15) is 9.18 Å². The van der Waals surface area contributed by atoms with Crippen molar-refractivity contribution in [3.63, 3.8) is 0 Å². The van der Waals surface area contributed by atoms with Crippen LogP contribution in [0.1, 0.15) is 10.4 Å². The lowest BCUT2D eigenvalue weighted by Gasteiger charge is -2.06. The van der Waals surface area contributed by atoms with Crippen LogP contribution in [-0.2, 0) is 0 Å². The van der Waals surface area contributed by atoms with Gasteiger partial charge in [0.15, 0.2) is 18.2 Å². The summed E-state index contributed by atoms with van der Waals surface area (Å²) in [5, 5.41) is -0.0680. The molecule has 0 aliphatic carbocycles. The van der Waals surface area contributed by atoms with Crippen LogP contribution >= 0.6 is 46.1 Å². The van der Waals surface area contributed by atoms with Crippen molar-refractivity contribution in [1.29, 1.82) is 0 Å². The quantitative estimate of drug-likeness (QED) is 0.724. The van der Waals surface area contributed by atoms with E-state index in [1.54, 1.807) is 0 Å². The van der Waals surface area contributed by atoms with E-state index in [1.165, 1.54) is 24.3 Å². The summed E-state index contributed by atoms with van der Waals surface area (Å²) < 4.78 is 19.3. The van der Waals surface area contributed by atoms with Gasteiger partial charge >= 0.3 is 0 Å². The van der Waals surface area contributed by atoms with Crippen molar-refractivity contribution < 1.29 is 13.9 Å². The molecule has 1 heterocycles. The summed E-state index contributed by atoms with van der Waals surface area (Å²) in [6, 6.07) is 5.76. The summed E-state index contributed by atoms with van der Waals surface area (Å²) in [4.78, 5) is 11.8. The molecule has 0 N–H and O–H groups in total. The number of thiophene rings is 1. The van der Waals surface area contributed by atoms with E-state index >= 15 is 0 Å². The van der Waals surface area contributed by atoms with E-state index in [2.05, 4.69) is 0 Å². The Hall–Kier alpha value is -0.810. The van der Waals surface area contributed by atoms with Gasteiger partial charge < -0.3 is 4.74 Å². The summed E-state index contributed by atoms with van der Waals surface area (Å²) in [7, 11) is 0. The maximum Gasteiger partial charge on any atom is 0.202 e. The normalized spacial score (nSPS) is 10.5. The number of carbonyl (C=O) groups is 1. The molecule has 0 aliphatic rings. The molecule has 0 amide bonds. The molecule has 2 aromatic rings. The molecule has 0 fully saturated rings. The Kier molecular flexibility index (Phi) is 4.68. The van der Waals surface area contributed by atoms with Gasteiger partial charge in [-0.15, -0.1) is 11.3 Å². The van der Waals surface area contributed by atoms with Crippen LogP contribution in [0, 0.1) is 5.82 Å². The third-order valence-corrected chi connectivity index (χ3v) is 4.01. The average Bonchev–Trinajstić information content (AvgIpc) is 2.70. The van der Waals surface area contributed by atoms with Gasteiger partial charge in [-0.1, -0.05) is 40.9 Å². The molecule has 2 rings (SSSR count). The zero-order valence-corrected chi connectivity index (χ0v) is 12.3. The molecule has 1 aromatic heterocycles. The van der Waals surface area contributed by atoms with Crippen LogP contribution in [0.15, 0.2) is 24.3 Å². The average molecular weight is 340 g/mol. The zero-order valence-electron chi connectivity index (χ0n) is 9.25. The number of hydrogen-bond donors (Lipinski definition) is 0. The van der Waals surface area contributed by atoms with Gasteiger partial charge in [-0.3, -0.25) is 4.79 Å². The van der Waals surface area contributed by atoms with Crippen LogP contribution < -0.4 is 4.74 Å². The van der Waals surface area contributed by atoms with Crippen LogP contribution in [0.5, 0.6) is 5.75 Å². The second-order valence-corrected chi connectivity index (χ2v) is 6.19. The standard InChI is InChI=1S/C12H6Cl3FO2S/c13-7-2-1-3-9(11(7)16)18-5-8(17)6-4-10(14)19-12(6)15/h1-4H,5H2. The van der Waals surface area contributed by atoms with Gasteiger partial charge in [0.25, 0.3) is 0 Å². The predicted octanol–water partition coefficient (Wildman–Crippen LogP) is 5.11. The Balaban J connectivity index is 2.09. The topological polar surface area (TPSA) is 26.3 Å². The maximum atomic E-state index is 13.5. The molecule has 0 aliphatic heterocycles. The lowest BCUT2D eigenvalue weighted by atomic mass is 10.2.